The van der Waals surface area contributed by atoms with Crippen LogP contribution in [0.5, 0.6) is 0 Å². The number of benzene rings is 5. The molecule has 13 heterocycles. The number of H-pyrrole nitrogens is 2. The number of thioether (sulfide) groups is 3. The Hall–Kier alpha value is -9.64. The number of para-hydroxylation sites is 4. The third kappa shape index (κ3) is 23.2. The Morgan fingerprint density at radius 3 is 1.29 bits per heavy atom. The van der Waals surface area contributed by atoms with Crippen molar-refractivity contribution < 1.29 is 45.2 Å². The van der Waals surface area contributed by atoms with Crippen LogP contribution in [0.1, 0.15) is 193 Å². The molecule has 10 aliphatic rings. The summed E-state index contributed by atoms with van der Waals surface area (Å²) in [5.74, 6) is -0.777. The number of halogens is 3. The number of likely N-dealkylation sites (tertiary alicyclic amines) is 3. The number of hydrogen-bond acceptors (Lipinski definition) is 19. The highest BCUT2D eigenvalue weighted by Gasteiger charge is 2.49. The van der Waals surface area contributed by atoms with E-state index >= 15 is 0 Å². The average molecular weight is 1950 g/mol. The van der Waals surface area contributed by atoms with Gasteiger partial charge in [0, 0.05) is 224 Å². The number of likely N-dealkylation sites (N-methyl/N-ethyl adjacent to an activating group) is 3. The summed E-state index contributed by atoms with van der Waals surface area (Å²) in [6.07, 6.45) is 8.62. The SMILES string of the molecule is CN1CCN(c2c(Cl)cccc2C2SC(CC(=O)N3CCC(N4Cc5ccccc5NC4=O)CC3)C(=O)N2CCC(C)(C)C)CC1.CN1CCN(c2ccc(F)cc2C2SC(CC(=O)N3CCC(n4c(=O)[nH]c5ccccc54)CC3)C(=O)N2CCC(C)(C)C)CC1.CN1CCN(c2ccc(F)cc2C2SC(CC(=O)N3CCC(n4c(=O)[nH]c5ncccc54)CC3)C(=O)N2CCC(C)(C)C)CC1.[HH].[HH]. The predicted molar refractivity (Wildman–Crippen MR) is 544 cm³/mol. The Morgan fingerprint density at radius 1 is 0.441 bits per heavy atom. The number of anilines is 4. The lowest BCUT2D eigenvalue weighted by molar-refractivity contribution is -0.137. The maximum Gasteiger partial charge on any atom is 0.327 e. The number of carbonyl (C=O) groups excluding carboxylic acids is 7. The van der Waals surface area contributed by atoms with Crippen LogP contribution in [0.25, 0.3) is 22.2 Å². The highest BCUT2D eigenvalue weighted by atomic mass is 35.5. The van der Waals surface area contributed by atoms with Gasteiger partial charge in [-0.1, -0.05) is 116 Å². The maximum atomic E-state index is 14.8. The number of imidazole rings is 2. The Kier molecular flexibility index (Phi) is 31.1. The summed E-state index contributed by atoms with van der Waals surface area (Å²) in [6, 6.07) is 35.2. The van der Waals surface area contributed by atoms with E-state index in [0.29, 0.717) is 102 Å². The quantitative estimate of drug-likeness (QED) is 0.0604. The minimum absolute atomic E-state index is 0. The molecular formula is C102H140ClF2N19O9S3. The molecule has 0 radical (unpaired) electrons. The second-order valence-corrected chi connectivity index (χ2v) is 46.3. The van der Waals surface area contributed by atoms with Gasteiger partial charge in [0.15, 0.2) is 5.65 Å². The van der Waals surface area contributed by atoms with E-state index in [-0.39, 0.29) is 137 Å². The van der Waals surface area contributed by atoms with Crippen molar-refractivity contribution in [3.63, 3.8) is 0 Å². The summed E-state index contributed by atoms with van der Waals surface area (Å²) in [7, 11) is 6.35. The zero-order chi connectivity index (χ0) is 96.3. The van der Waals surface area contributed by atoms with Crippen LogP contribution in [0.2, 0.25) is 5.02 Å². The molecule has 8 aromatic rings. The minimum Gasteiger partial charge on any atom is -0.369 e. The standard InChI is InChI=1S/C35H47ClN6O3S.C34H45FN6O3S.C33H44FN7O3S.2H2/c1-35(2,3)14-17-41-32(44)29(46-33(41)26-9-7-10-27(36)31(26)40-20-18-38(4)19-21-40)22-30(43)39-15-12-25(13-16-39)42-23-24-8-5-6-11-28(24)37-34(42)45;1-34(2,3)13-16-40-31(43)29(45-32(40)25-21-23(35)9-10-27(25)38-19-17-37(4)18-20-38)22-30(42)39-14-11-24(12-15-39)41-28-8-6-5-7-26(28)36-33(41)44;1-33(2,3)11-15-40-30(43)27(45-31(40)24-20-22(34)7-8-25(24)38-18-16-37(4)17-19-38)21-28(42)39-13-9-23(10-14-39)41-26-6-5-12-35-29(26)36-32(41)44;;/h5-11,25,29,33H,12-23H2,1-4H3,(H,37,45);5-10,21,24,29,32H,11-20,22H2,1-4H3,(H,36,44);5-8,12,20,23,27,31H,9-11,13-19,21H2,1-4H3,(H,35,36,44);2*1H. The molecule has 736 valence electrons. The lowest BCUT2D eigenvalue weighted by Gasteiger charge is -2.40. The first kappa shape index (κ1) is 99.4. The molecule has 9 fully saturated rings. The van der Waals surface area contributed by atoms with Crippen molar-refractivity contribution in [1.82, 2.24) is 73.1 Å². The molecule has 0 aliphatic carbocycles. The minimum atomic E-state index is -0.536. The molecule has 18 rings (SSSR count). The van der Waals surface area contributed by atoms with Gasteiger partial charge in [0.1, 0.15) is 27.8 Å². The molecule has 5 aromatic carbocycles. The van der Waals surface area contributed by atoms with E-state index in [1.54, 1.807) is 34.7 Å². The number of amides is 8. The summed E-state index contributed by atoms with van der Waals surface area (Å²) in [5, 5.41) is 1.29. The molecule has 3 aromatic heterocycles. The van der Waals surface area contributed by atoms with Crippen LogP contribution in [0.4, 0.5) is 36.3 Å². The van der Waals surface area contributed by atoms with Gasteiger partial charge in [0.2, 0.25) is 35.4 Å². The molecule has 28 nitrogen and oxygen atoms in total. The van der Waals surface area contributed by atoms with Crippen LogP contribution in [0.3, 0.4) is 0 Å². The van der Waals surface area contributed by atoms with Crippen LogP contribution in [0.15, 0.2) is 131 Å². The molecule has 34 heteroatoms. The van der Waals surface area contributed by atoms with Crippen LogP contribution < -0.4 is 31.4 Å². The zero-order valence-corrected chi connectivity index (χ0v) is 84.2. The molecule has 8 amide bonds. The van der Waals surface area contributed by atoms with Gasteiger partial charge in [-0.2, -0.15) is 0 Å². The Labute approximate surface area is 818 Å². The monoisotopic (exact) mass is 1940 g/mol. The van der Waals surface area contributed by atoms with E-state index in [9.17, 15) is 51.9 Å². The fraction of sp³-hybridized carbons (Fsp3) is 0.569. The van der Waals surface area contributed by atoms with Crippen molar-refractivity contribution in [2.75, 3.05) is 179 Å². The van der Waals surface area contributed by atoms with Gasteiger partial charge in [0.05, 0.1) is 43.0 Å². The second kappa shape index (κ2) is 42.6. The smallest absolute Gasteiger partial charge is 0.327 e. The van der Waals surface area contributed by atoms with E-state index < -0.39 is 15.7 Å². The van der Waals surface area contributed by atoms with E-state index in [0.717, 1.165) is 172 Å². The normalized spacial score (nSPS) is 22.5. The van der Waals surface area contributed by atoms with Gasteiger partial charge >= 0.3 is 17.4 Å². The van der Waals surface area contributed by atoms with Crippen LogP contribution in [-0.4, -0.2) is 295 Å². The summed E-state index contributed by atoms with van der Waals surface area (Å²) < 4.78 is 33.2. The Bertz CT molecular complexity index is 5530. The van der Waals surface area contributed by atoms with Crippen molar-refractivity contribution in [2.45, 2.75) is 196 Å². The van der Waals surface area contributed by atoms with Gasteiger partial charge in [-0.25, -0.2) is 28.1 Å². The van der Waals surface area contributed by atoms with E-state index in [4.69, 9.17) is 11.6 Å². The Morgan fingerprint density at radius 2 is 0.838 bits per heavy atom. The number of aromatic amines is 2. The lowest BCUT2D eigenvalue weighted by atomic mass is 9.92. The molecule has 6 atom stereocenters. The molecule has 0 saturated carbocycles. The average Bonchev–Trinajstić information content (AvgIpc) is 0.749. The van der Waals surface area contributed by atoms with Crippen molar-refractivity contribution in [3.05, 3.63) is 181 Å². The van der Waals surface area contributed by atoms with Crippen LogP contribution >= 0.6 is 46.9 Å². The summed E-state index contributed by atoms with van der Waals surface area (Å²) >= 11 is 11.4. The van der Waals surface area contributed by atoms with E-state index in [2.05, 4.69) is 139 Å². The number of carbonyl (C=O) groups is 7. The van der Waals surface area contributed by atoms with Crippen LogP contribution in [0, 0.1) is 27.9 Å². The van der Waals surface area contributed by atoms with Gasteiger partial charge in [-0.3, -0.25) is 42.9 Å². The molecule has 6 unspecified atom stereocenters. The van der Waals surface area contributed by atoms with E-state index in [1.165, 1.54) is 35.7 Å². The molecule has 10 aliphatic heterocycles. The highest BCUT2D eigenvalue weighted by Crippen LogP contribution is 2.53. The van der Waals surface area contributed by atoms with Gasteiger partial charge < -0.3 is 74.0 Å². The third-order valence-corrected chi connectivity index (χ3v) is 33.4. The number of nitrogens with zero attached hydrogens (tertiary/aromatic N) is 16. The van der Waals surface area contributed by atoms with Crippen molar-refractivity contribution in [2.24, 2.45) is 16.2 Å². The molecule has 136 heavy (non-hydrogen) atoms. The first-order chi connectivity index (χ1) is 64.9. The first-order valence-electron chi connectivity index (χ1n) is 48.7. The first-order valence-corrected chi connectivity index (χ1v) is 51.9. The zero-order valence-electron chi connectivity index (χ0n) is 81.0. The second-order valence-electron chi connectivity index (χ2n) is 42.1. The fourth-order valence-electron chi connectivity index (χ4n) is 20.5. The fourth-order valence-corrected chi connectivity index (χ4v) is 25.3. The number of aromatic nitrogens is 5. The molecule has 9 saturated heterocycles. The molecule has 3 N–H and O–H groups in total. The highest BCUT2D eigenvalue weighted by molar-refractivity contribution is 8.01. The third-order valence-electron chi connectivity index (χ3n) is 28.7. The number of hydrogen-bond donors (Lipinski definition) is 3. The maximum absolute atomic E-state index is 14.8. The number of pyridine rings is 1. The Balaban J connectivity index is 0.000000164. The number of piperazine rings is 3. The number of piperidine rings is 3. The number of fused-ring (bicyclic) bond motifs is 3. The van der Waals surface area contributed by atoms with Crippen LogP contribution in [-0.2, 0) is 35.3 Å². The number of rotatable bonds is 21. The number of nitrogens with one attached hydrogen (secondary N) is 3. The van der Waals surface area contributed by atoms with Crippen molar-refractivity contribution >= 4 is 133 Å². The van der Waals surface area contributed by atoms with E-state index in [1.807, 2.05) is 124 Å². The largest absolute Gasteiger partial charge is 0.369 e. The molecule has 0 spiro atoms. The van der Waals surface area contributed by atoms with Crippen molar-refractivity contribution in [3.8, 4) is 0 Å². The molecular weight excluding hydrogens is 1800 g/mol. The number of urea groups is 1. The summed E-state index contributed by atoms with van der Waals surface area (Å²) in [5.41, 5.74) is 10.4. The topological polar surface area (TPSA) is 262 Å². The summed E-state index contributed by atoms with van der Waals surface area (Å²) in [6.45, 7) is 35.8. The summed E-state index contributed by atoms with van der Waals surface area (Å²) in [4.78, 5) is 158. The van der Waals surface area contributed by atoms with Crippen molar-refractivity contribution in [1.29, 1.82) is 0 Å². The predicted octanol–water partition coefficient (Wildman–Crippen LogP) is 15.5. The lowest BCUT2D eigenvalue weighted by Crippen LogP contribution is -2.51. The van der Waals surface area contributed by atoms with Gasteiger partial charge in [0.25, 0.3) is 0 Å². The van der Waals surface area contributed by atoms with Gasteiger partial charge in [-0.15, -0.1) is 35.3 Å². The van der Waals surface area contributed by atoms with Gasteiger partial charge in [-0.05, 0) is 174 Å². The molecule has 0 bridgehead atoms.